The van der Waals surface area contributed by atoms with Gasteiger partial charge in [0.2, 0.25) is 5.91 Å². The van der Waals surface area contributed by atoms with Gasteiger partial charge in [0.1, 0.15) is 0 Å². The molecule has 0 unspecified atom stereocenters. The van der Waals surface area contributed by atoms with Crippen LogP contribution in [-0.2, 0) is 30.1 Å². The van der Waals surface area contributed by atoms with Crippen molar-refractivity contribution < 1.29 is 31.1 Å². The molecule has 174 valence electrons. The van der Waals surface area contributed by atoms with Crippen LogP contribution in [0.4, 0.5) is 26.3 Å². The van der Waals surface area contributed by atoms with Crippen LogP contribution in [0.5, 0.6) is 0 Å². The summed E-state index contributed by atoms with van der Waals surface area (Å²) in [5, 5.41) is 0. The van der Waals surface area contributed by atoms with Crippen molar-refractivity contribution in [3.05, 3.63) is 70.8 Å². The Morgan fingerprint density at radius 3 is 1.72 bits per heavy atom. The molecule has 0 radical (unpaired) electrons. The predicted octanol–water partition coefficient (Wildman–Crippen LogP) is 5.39. The van der Waals surface area contributed by atoms with Crippen LogP contribution in [0.15, 0.2) is 48.5 Å². The van der Waals surface area contributed by atoms with Crippen molar-refractivity contribution >= 4 is 5.91 Å². The lowest BCUT2D eigenvalue weighted by molar-refractivity contribution is -0.138. The Kier molecular flexibility index (Phi) is 7.17. The van der Waals surface area contributed by atoms with Crippen LogP contribution in [0.3, 0.4) is 0 Å². The smallest absolute Gasteiger partial charge is 0.335 e. The molecular weight excluding hydrogens is 434 g/mol. The Bertz CT molecular complexity index is 898. The van der Waals surface area contributed by atoms with Crippen LogP contribution >= 0.6 is 0 Å². The molecule has 3 nitrogen and oxygen atoms in total. The number of hydrogen-bond donors (Lipinski definition) is 0. The van der Waals surface area contributed by atoms with Gasteiger partial charge in [-0.15, -0.1) is 0 Å². The summed E-state index contributed by atoms with van der Waals surface area (Å²) in [6, 6.07) is 9.06. The highest BCUT2D eigenvalue weighted by Crippen LogP contribution is 2.30. The molecule has 0 aromatic heterocycles. The quantitative estimate of drug-likeness (QED) is 0.561. The van der Waals surface area contributed by atoms with Gasteiger partial charge in [0.05, 0.1) is 17.5 Å². The van der Waals surface area contributed by atoms with E-state index < -0.39 is 23.5 Å². The molecule has 2 aromatic rings. The summed E-state index contributed by atoms with van der Waals surface area (Å²) in [6.45, 7) is 1.70. The fourth-order valence-corrected chi connectivity index (χ4v) is 3.81. The number of halogens is 6. The first kappa shape index (κ1) is 24.1. The minimum atomic E-state index is -4.45. The van der Waals surface area contributed by atoms with E-state index >= 15 is 0 Å². The molecule has 0 N–H and O–H groups in total. The predicted molar refractivity (Wildman–Crippen MR) is 108 cm³/mol. The maximum atomic E-state index is 13.1. The van der Waals surface area contributed by atoms with Crippen molar-refractivity contribution in [1.29, 1.82) is 0 Å². The Morgan fingerprint density at radius 1 is 0.844 bits per heavy atom. The molecule has 9 heteroatoms. The first-order valence-corrected chi connectivity index (χ1v) is 10.2. The fraction of sp³-hybridized carbons (Fsp3) is 0.435. The highest BCUT2D eigenvalue weighted by Gasteiger charge is 2.32. The van der Waals surface area contributed by atoms with Crippen LogP contribution in [0.1, 0.15) is 35.1 Å². The average Bonchev–Trinajstić information content (AvgIpc) is 2.72. The van der Waals surface area contributed by atoms with Crippen molar-refractivity contribution in [2.75, 3.05) is 20.1 Å². The van der Waals surface area contributed by atoms with Gasteiger partial charge in [0.15, 0.2) is 0 Å². The largest absolute Gasteiger partial charge is 0.416 e. The minimum Gasteiger partial charge on any atom is -0.335 e. The van der Waals surface area contributed by atoms with Crippen molar-refractivity contribution in [1.82, 2.24) is 9.80 Å². The van der Waals surface area contributed by atoms with Gasteiger partial charge < -0.3 is 9.80 Å². The molecule has 0 spiro atoms. The third-order valence-corrected chi connectivity index (χ3v) is 5.72. The second kappa shape index (κ2) is 9.52. The number of carbonyl (C=O) groups is 1. The number of piperidine rings is 1. The lowest BCUT2D eigenvalue weighted by atomic mass is 10.0. The van der Waals surface area contributed by atoms with E-state index in [2.05, 4.69) is 4.90 Å². The summed E-state index contributed by atoms with van der Waals surface area (Å²) < 4.78 is 76.9. The molecule has 1 fully saturated rings. The van der Waals surface area contributed by atoms with Gasteiger partial charge in [0, 0.05) is 12.6 Å². The third kappa shape index (κ3) is 6.25. The molecule has 0 atom stereocenters. The normalized spacial score (nSPS) is 16.2. The Balaban J connectivity index is 1.77. The monoisotopic (exact) mass is 458 g/mol. The number of carbonyl (C=O) groups excluding carboxylic acids is 1. The second-order valence-corrected chi connectivity index (χ2v) is 8.12. The molecule has 1 aliphatic heterocycles. The molecule has 1 saturated heterocycles. The Morgan fingerprint density at radius 2 is 1.28 bits per heavy atom. The van der Waals surface area contributed by atoms with Crippen molar-refractivity contribution in [3.63, 3.8) is 0 Å². The third-order valence-electron chi connectivity index (χ3n) is 5.72. The molecule has 1 amide bonds. The molecule has 0 bridgehead atoms. The van der Waals surface area contributed by atoms with E-state index in [9.17, 15) is 31.1 Å². The number of likely N-dealkylation sites (tertiary alicyclic amines) is 1. The molecule has 1 heterocycles. The van der Waals surface area contributed by atoms with Gasteiger partial charge in [-0.2, -0.15) is 26.3 Å². The van der Waals surface area contributed by atoms with Gasteiger partial charge in [-0.05, 0) is 68.4 Å². The Labute approximate surface area is 182 Å². The maximum Gasteiger partial charge on any atom is 0.416 e. The van der Waals surface area contributed by atoms with Gasteiger partial charge in [0.25, 0.3) is 0 Å². The lowest BCUT2D eigenvalue weighted by Gasteiger charge is -2.37. The molecule has 1 aliphatic rings. The highest BCUT2D eigenvalue weighted by molar-refractivity contribution is 5.79. The summed E-state index contributed by atoms with van der Waals surface area (Å²) in [5.41, 5.74) is -0.528. The molecule has 32 heavy (non-hydrogen) atoms. The standard InChI is InChI=1S/C23H24F6N2O/c1-30-12-10-20(11-13-30)31(15-17-4-8-19(9-5-17)23(27,28)29)21(32)14-16-2-6-18(7-3-16)22(24,25)26/h2-9,20H,10-15H2,1H3. The van der Waals surface area contributed by atoms with Crippen LogP contribution < -0.4 is 0 Å². The topological polar surface area (TPSA) is 23.6 Å². The van der Waals surface area contributed by atoms with Gasteiger partial charge >= 0.3 is 12.4 Å². The highest BCUT2D eigenvalue weighted by atomic mass is 19.4. The molecule has 0 aliphatic carbocycles. The van der Waals surface area contributed by atoms with Crippen LogP contribution in [0.2, 0.25) is 0 Å². The first-order chi connectivity index (χ1) is 14.9. The van der Waals surface area contributed by atoms with E-state index in [0.717, 1.165) is 50.2 Å². The van der Waals surface area contributed by atoms with Gasteiger partial charge in [-0.3, -0.25) is 4.79 Å². The summed E-state index contributed by atoms with van der Waals surface area (Å²) in [6.07, 6.45) is -7.53. The average molecular weight is 458 g/mol. The summed E-state index contributed by atoms with van der Waals surface area (Å²) in [7, 11) is 1.97. The van der Waals surface area contributed by atoms with E-state index in [4.69, 9.17) is 0 Å². The molecule has 3 rings (SSSR count). The number of benzene rings is 2. The van der Waals surface area contributed by atoms with E-state index in [1.807, 2.05) is 7.05 Å². The number of rotatable bonds is 5. The number of alkyl halides is 6. The van der Waals surface area contributed by atoms with E-state index in [-0.39, 0.29) is 24.9 Å². The van der Waals surface area contributed by atoms with Gasteiger partial charge in [-0.1, -0.05) is 24.3 Å². The van der Waals surface area contributed by atoms with Crippen molar-refractivity contribution in [2.45, 2.75) is 44.2 Å². The molecular formula is C23H24F6N2O. The van der Waals surface area contributed by atoms with Crippen molar-refractivity contribution in [3.8, 4) is 0 Å². The second-order valence-electron chi connectivity index (χ2n) is 8.12. The zero-order chi connectivity index (χ0) is 23.5. The van der Waals surface area contributed by atoms with Crippen LogP contribution in [0.25, 0.3) is 0 Å². The van der Waals surface area contributed by atoms with E-state index in [1.54, 1.807) is 4.90 Å². The van der Waals surface area contributed by atoms with Crippen LogP contribution in [-0.4, -0.2) is 41.9 Å². The molecule has 2 aromatic carbocycles. The number of nitrogens with zero attached hydrogens (tertiary/aromatic N) is 2. The molecule has 0 saturated carbocycles. The zero-order valence-electron chi connectivity index (χ0n) is 17.5. The number of hydrogen-bond acceptors (Lipinski definition) is 2. The van der Waals surface area contributed by atoms with E-state index in [0.29, 0.717) is 11.1 Å². The zero-order valence-corrected chi connectivity index (χ0v) is 17.5. The first-order valence-electron chi connectivity index (χ1n) is 10.2. The Hall–Kier alpha value is -2.55. The summed E-state index contributed by atoms with van der Waals surface area (Å²) in [4.78, 5) is 16.9. The van der Waals surface area contributed by atoms with Crippen molar-refractivity contribution in [2.24, 2.45) is 0 Å². The maximum absolute atomic E-state index is 13.1. The summed E-state index contributed by atoms with van der Waals surface area (Å²) >= 11 is 0. The summed E-state index contributed by atoms with van der Waals surface area (Å²) in [5.74, 6) is -0.265. The minimum absolute atomic E-state index is 0.0783. The fourth-order valence-electron chi connectivity index (χ4n) is 3.81. The van der Waals surface area contributed by atoms with Gasteiger partial charge in [-0.25, -0.2) is 0 Å². The van der Waals surface area contributed by atoms with Crippen LogP contribution in [0, 0.1) is 0 Å². The number of amides is 1. The van der Waals surface area contributed by atoms with E-state index in [1.165, 1.54) is 24.3 Å². The lowest BCUT2D eigenvalue weighted by Crippen LogP contribution is -2.46. The SMILES string of the molecule is CN1CCC(N(Cc2ccc(C(F)(F)F)cc2)C(=O)Cc2ccc(C(F)(F)F)cc2)CC1.